The minimum Gasteiger partial charge on any atom is -0.491 e. The number of nitrogens with zero attached hydrogens (tertiary/aromatic N) is 10. The molecule has 2 aromatic heterocycles. The number of hydrogen-bond donors (Lipinski definition) is 8. The Morgan fingerprint density at radius 1 is 0.930 bits per heavy atom. The number of ether oxygens (including phenoxy) is 5. The van der Waals surface area contributed by atoms with Crippen molar-refractivity contribution in [1.82, 2.24) is 25.2 Å². The number of phosphoric ester groups is 1. The van der Waals surface area contributed by atoms with Crippen LogP contribution in [0.3, 0.4) is 0 Å². The number of H-pyrrole nitrogens is 1. The Labute approximate surface area is 575 Å². The van der Waals surface area contributed by atoms with Crippen molar-refractivity contribution in [2.24, 2.45) is 10.2 Å². The Kier molecular flexibility index (Phi) is 26.5. The molecule has 8 rings (SSSR count). The number of anilines is 3. The van der Waals surface area contributed by atoms with Crippen LogP contribution in [0, 0.1) is 25.7 Å². The average Bonchev–Trinajstić information content (AvgIpc) is 1.61. The van der Waals surface area contributed by atoms with Crippen molar-refractivity contribution in [3.63, 3.8) is 0 Å². The van der Waals surface area contributed by atoms with Crippen molar-refractivity contribution in [2.75, 3.05) is 81.5 Å². The van der Waals surface area contributed by atoms with E-state index in [9.17, 15) is 48.2 Å². The molecule has 2 amide bonds. The lowest BCUT2D eigenvalue weighted by molar-refractivity contribution is -0.126. The van der Waals surface area contributed by atoms with Gasteiger partial charge in [0, 0.05) is 88.4 Å². The zero-order valence-corrected chi connectivity index (χ0v) is 58.7. The van der Waals surface area contributed by atoms with Gasteiger partial charge in [0.25, 0.3) is 11.5 Å². The summed E-state index contributed by atoms with van der Waals surface area (Å²) >= 11 is 0. The first-order chi connectivity index (χ1) is 47.4. The van der Waals surface area contributed by atoms with Gasteiger partial charge in [-0.1, -0.05) is 116 Å². The number of aromatic amines is 1. The molecule has 0 radical (unpaired) electrons. The molecule has 3 aliphatic rings. The molecule has 0 aliphatic carbocycles. The molecule has 3 aliphatic heterocycles. The molecule has 5 aromatic rings. The summed E-state index contributed by atoms with van der Waals surface area (Å²) in [5.74, 6) is 4.60. The molecular formula is C64H81N14O19P3. The Morgan fingerprint density at radius 3 is 2.40 bits per heavy atom. The number of amides is 2. The molecule has 1 saturated heterocycles. The third-order valence-corrected chi connectivity index (χ3v) is 20.4. The molecule has 5 heterocycles. The van der Waals surface area contributed by atoms with E-state index in [1.54, 1.807) is 18.2 Å². The molecule has 100 heavy (non-hydrogen) atoms. The number of carbonyl (C=O) groups is 3. The largest absolute Gasteiger partial charge is 0.491 e. The lowest BCUT2D eigenvalue weighted by Crippen LogP contribution is -2.39. The highest BCUT2D eigenvalue weighted by Gasteiger charge is 2.45. The monoisotopic (exact) mass is 1440 g/mol. The molecule has 9 N–H and O–H groups in total. The van der Waals surface area contributed by atoms with Crippen LogP contribution in [0.5, 0.6) is 5.75 Å². The molecule has 33 nitrogen and oxygen atoms in total. The van der Waals surface area contributed by atoms with Gasteiger partial charge in [0.2, 0.25) is 11.9 Å². The number of hydrogen-bond acceptors (Lipinski definition) is 21. The van der Waals surface area contributed by atoms with Crippen LogP contribution in [0.1, 0.15) is 111 Å². The number of Topliss-reactive ketones (excluding diaryl/α,β-unsaturated/α-hetero) is 1. The van der Waals surface area contributed by atoms with Crippen LogP contribution < -0.4 is 36.5 Å². The molecule has 1 fully saturated rings. The van der Waals surface area contributed by atoms with Gasteiger partial charge in [-0.25, -0.2) is 13.7 Å². The Balaban J connectivity index is 0.744. The molecule has 36 heteroatoms. The second-order valence-electron chi connectivity index (χ2n) is 24.5. The Hall–Kier alpha value is -8.46. The summed E-state index contributed by atoms with van der Waals surface area (Å²) in [7, 11) is -17.1. The first-order valence-corrected chi connectivity index (χ1v) is 36.3. The van der Waals surface area contributed by atoms with Crippen molar-refractivity contribution in [3.05, 3.63) is 168 Å². The van der Waals surface area contributed by atoms with Crippen LogP contribution in [-0.4, -0.2) is 142 Å². The number of ketones is 1. The number of fused-ring (bicyclic) bond motifs is 3. The Bertz CT molecular complexity index is 4300. The summed E-state index contributed by atoms with van der Waals surface area (Å²) in [4.78, 5) is 106. The topological polar surface area (TPSA) is 462 Å². The highest BCUT2D eigenvalue weighted by Crippen LogP contribution is 2.66. The number of likely N-dealkylation sites (N-methyl/N-ethyl adjacent to an activating group) is 1. The van der Waals surface area contributed by atoms with E-state index < -0.39 is 79.5 Å². The maximum Gasteiger partial charge on any atom is 0.490 e. The number of nitrogen functional groups attached to an aromatic ring is 1. The zero-order chi connectivity index (χ0) is 72.6. The number of benzene rings is 3. The minimum absolute atomic E-state index is 0.0468. The smallest absolute Gasteiger partial charge is 0.490 e. The summed E-state index contributed by atoms with van der Waals surface area (Å²) in [5.41, 5.74) is 31.8. The molecule has 0 bridgehead atoms. The maximum atomic E-state index is 13.2. The molecular weight excluding hydrogens is 1360 g/mol. The van der Waals surface area contributed by atoms with Gasteiger partial charge >= 0.3 is 23.5 Å². The van der Waals surface area contributed by atoms with Gasteiger partial charge in [-0.05, 0) is 92.2 Å². The van der Waals surface area contributed by atoms with E-state index in [2.05, 4.69) is 186 Å². The fourth-order valence-electron chi connectivity index (χ4n) is 12.0. The van der Waals surface area contributed by atoms with Crippen LogP contribution in [0.15, 0.2) is 118 Å². The van der Waals surface area contributed by atoms with Crippen LogP contribution >= 0.6 is 23.5 Å². The van der Waals surface area contributed by atoms with Crippen molar-refractivity contribution < 1.29 is 84.5 Å². The van der Waals surface area contributed by atoms with Crippen LogP contribution in [0.4, 0.5) is 17.3 Å². The predicted octanol–water partition coefficient (Wildman–Crippen LogP) is 9.26. The normalized spacial score (nSPS) is 19.5. The van der Waals surface area contributed by atoms with Gasteiger partial charge in [0.15, 0.2) is 11.9 Å². The van der Waals surface area contributed by atoms with E-state index in [1.807, 2.05) is 0 Å². The van der Waals surface area contributed by atoms with E-state index in [1.165, 1.54) is 50.5 Å². The number of phosphoric acid groups is 3. The van der Waals surface area contributed by atoms with Gasteiger partial charge in [-0.15, -0.1) is 0 Å². The maximum absolute atomic E-state index is 13.2. The van der Waals surface area contributed by atoms with Crippen LogP contribution in [0.2, 0.25) is 0 Å². The fourth-order valence-corrected chi connectivity index (χ4v) is 15.0. The summed E-state index contributed by atoms with van der Waals surface area (Å²) in [5, 5.41) is 12.2. The number of nitrogens with one attached hydrogen (secondary N) is 3. The lowest BCUT2D eigenvalue weighted by Gasteiger charge is -2.31. The average molecular weight is 1440 g/mol. The molecule has 5 unspecified atom stereocenters. The standard InChI is InChI=1S/C64H81N14O19P3/c1-8-76-49-25-23-41(2)32-47(49)63(4,5)53(76)21-10-9-11-22-54-64(6,7)48-33-42(3)24-26-50(48)77(54)29-15-19-45(79)18-14-28-69-60(81)43-16-12-20-46(34-43)92-39-56(73-75-67)91-31-30-90-38-55(80)68-27-13-17-44-36-78(59-58(44)61(82)72-62(65)71-59)57-35-51(93-40-70-74-66)52(95-57)37-94-99(86,87)97-100(88,89)96-98(83,84)85/h9-12,16,20-26,32-34,36,51-53,56-57H,8,14-15,18-19,27-31,35,37-40H2,1-7H3,(H,68,80)(H,69,81)(H,86,87)(H,88,89)(H2,83,84,85)(H3,65,71,72,82)/b11-9+,21-10+,54-22+/t51?,52-,53?,56?,57-/m1/s1. The highest BCUT2D eigenvalue weighted by atomic mass is 31.3. The third kappa shape index (κ3) is 20.6. The number of allylic oxidation sites excluding steroid dienone is 5. The summed E-state index contributed by atoms with van der Waals surface area (Å²) in [6, 6.07) is 19.9. The van der Waals surface area contributed by atoms with Crippen molar-refractivity contribution in [3.8, 4) is 17.6 Å². The number of aryl methyl sites for hydroxylation is 2. The number of rotatable bonds is 35. The van der Waals surface area contributed by atoms with E-state index in [0.29, 0.717) is 37.8 Å². The van der Waals surface area contributed by atoms with Crippen molar-refractivity contribution in [2.45, 2.75) is 122 Å². The fraction of sp³-hybridized carbons (Fsp3) is 0.453. The molecule has 7 atom stereocenters. The van der Waals surface area contributed by atoms with Crippen LogP contribution in [-0.2, 0) is 66.2 Å². The quantitative estimate of drug-likeness (QED) is 0.00356. The van der Waals surface area contributed by atoms with Crippen LogP contribution in [0.25, 0.3) is 31.9 Å². The number of aromatic nitrogens is 3. The van der Waals surface area contributed by atoms with Crippen molar-refractivity contribution in [1.29, 1.82) is 0 Å². The van der Waals surface area contributed by atoms with E-state index in [4.69, 9.17) is 49.3 Å². The van der Waals surface area contributed by atoms with Crippen molar-refractivity contribution >= 4 is 69.4 Å². The lowest BCUT2D eigenvalue weighted by atomic mass is 9.80. The summed E-state index contributed by atoms with van der Waals surface area (Å²) < 4.78 is 77.3. The second kappa shape index (κ2) is 34.3. The highest BCUT2D eigenvalue weighted by molar-refractivity contribution is 7.66. The molecule has 3 aromatic carbocycles. The zero-order valence-electron chi connectivity index (χ0n) is 56.0. The number of carbonyl (C=O) groups excluding carboxylic acids is 3. The van der Waals surface area contributed by atoms with Gasteiger partial charge in [0.05, 0.1) is 49.5 Å². The molecule has 0 saturated carbocycles. The minimum atomic E-state index is -5.85. The second-order valence-corrected chi connectivity index (χ2v) is 28.9. The van der Waals surface area contributed by atoms with Gasteiger partial charge in [0.1, 0.15) is 43.8 Å². The molecule has 536 valence electrons. The van der Waals surface area contributed by atoms with E-state index >= 15 is 0 Å². The summed E-state index contributed by atoms with van der Waals surface area (Å²) in [6.45, 7) is 14.7. The Morgan fingerprint density at radius 2 is 1.67 bits per heavy atom. The predicted molar refractivity (Wildman–Crippen MR) is 368 cm³/mol. The number of azide groups is 2. The number of nitrogens with two attached hydrogens (primary N) is 1. The SMILES string of the molecule is CCN1c2ccc(C)cc2C(C)(C)C1/C=C/C=C/C=C1/N(CCCC(=O)CCCNC(=O)c2cccc(OCC(N=[N+]=[N-])OCCOCC(=O)NCC#Cc3cn([C@H]4CC(OCN=[N+]=[N-])[C@@H](COP(=O)(O)OP(=O)(O)OP(=O)(O)O)O4)c4nc(N)[nH]c(=O)c34)c2)c2ccc(C)cc2C1(C)C. The van der Waals surface area contributed by atoms with E-state index in [-0.39, 0.29) is 96.2 Å². The molecule has 0 spiro atoms. The first kappa shape index (κ1) is 77.3. The van der Waals surface area contributed by atoms with E-state index in [0.717, 1.165) is 12.2 Å². The van der Waals surface area contributed by atoms with Gasteiger partial charge in [-0.2, -0.15) is 13.6 Å². The van der Waals surface area contributed by atoms with Gasteiger partial charge in [-0.3, -0.25) is 28.7 Å². The summed E-state index contributed by atoms with van der Waals surface area (Å²) in [6.07, 6.45) is 9.16. The first-order valence-electron chi connectivity index (χ1n) is 31.7. The van der Waals surface area contributed by atoms with Gasteiger partial charge < -0.3 is 74.0 Å². The third-order valence-electron chi connectivity index (χ3n) is 16.6.